The highest BCUT2D eigenvalue weighted by molar-refractivity contribution is 5.76. The molecule has 462 valence electrons. The number of unbranched alkanes of at least 4 members (excludes halogenated alkanes) is 47. The molecule has 1 heterocycles. The summed E-state index contributed by atoms with van der Waals surface area (Å²) in [6.45, 7) is 3.88. The molecule has 9 nitrogen and oxygen atoms in total. The molecular weight excluding hydrogens is 971 g/mol. The number of carbonyl (C=O) groups excluding carboxylic acids is 1. The monoisotopic (exact) mass is 1100 g/mol. The molecule has 1 aliphatic heterocycles. The summed E-state index contributed by atoms with van der Waals surface area (Å²) in [6.07, 6.45) is 69.5. The van der Waals surface area contributed by atoms with Gasteiger partial charge in [-0.05, 0) is 44.9 Å². The predicted molar refractivity (Wildman–Crippen MR) is 332 cm³/mol. The second kappa shape index (κ2) is 58.9. The smallest absolute Gasteiger partial charge is 0.220 e. The highest BCUT2D eigenvalue weighted by Crippen LogP contribution is 2.24. The van der Waals surface area contributed by atoms with Crippen LogP contribution in [0.4, 0.5) is 0 Å². The summed E-state index contributed by atoms with van der Waals surface area (Å²) in [4.78, 5) is 13.1. The maximum atomic E-state index is 13.1. The lowest BCUT2D eigenvalue weighted by atomic mass is 9.99. The van der Waals surface area contributed by atoms with E-state index in [0.717, 1.165) is 44.9 Å². The van der Waals surface area contributed by atoms with E-state index in [4.69, 9.17) is 9.47 Å². The van der Waals surface area contributed by atoms with Crippen LogP contribution < -0.4 is 5.32 Å². The number of ether oxygens (including phenoxy) is 2. The van der Waals surface area contributed by atoms with Crippen molar-refractivity contribution < 1.29 is 39.8 Å². The molecule has 7 unspecified atom stereocenters. The topological polar surface area (TPSA) is 149 Å². The van der Waals surface area contributed by atoms with Crippen molar-refractivity contribution in [1.29, 1.82) is 0 Å². The van der Waals surface area contributed by atoms with Crippen LogP contribution in [0.25, 0.3) is 0 Å². The highest BCUT2D eigenvalue weighted by Gasteiger charge is 2.44. The van der Waals surface area contributed by atoms with E-state index >= 15 is 0 Å². The van der Waals surface area contributed by atoms with E-state index in [1.54, 1.807) is 0 Å². The van der Waals surface area contributed by atoms with Crippen LogP contribution in [0.15, 0.2) is 24.3 Å². The zero-order valence-electron chi connectivity index (χ0n) is 51.7. The second-order valence-electron chi connectivity index (χ2n) is 24.3. The van der Waals surface area contributed by atoms with Crippen LogP contribution in [0.2, 0.25) is 0 Å². The number of aliphatic hydroxyl groups is 5. The quantitative estimate of drug-likeness (QED) is 0.0261. The first-order chi connectivity index (χ1) is 38.3. The molecule has 6 N–H and O–H groups in total. The molecule has 1 saturated heterocycles. The average Bonchev–Trinajstić information content (AvgIpc) is 3.45. The van der Waals surface area contributed by atoms with Crippen molar-refractivity contribution >= 4 is 5.91 Å². The number of allylic oxidation sites excluding steroid dienone is 4. The normalized spacial score (nSPS) is 18.7. The van der Waals surface area contributed by atoms with Crippen LogP contribution in [0.3, 0.4) is 0 Å². The fourth-order valence-corrected chi connectivity index (χ4v) is 11.4. The molecule has 0 aliphatic carbocycles. The fourth-order valence-electron chi connectivity index (χ4n) is 11.4. The summed E-state index contributed by atoms with van der Waals surface area (Å²) in [7, 11) is 0. The standard InChI is InChI=1S/C69H133NO8/c1-3-5-7-9-11-13-15-17-19-21-23-25-27-29-31-33-34-36-38-40-42-44-46-48-50-52-54-56-58-63(72)62(61-77-69-68(76)67(75)66(74)64(60-71)78-69)70-65(73)59-57-55-53-51-49-47-45-43-41-39-37-35-32-30-28-26-24-22-20-18-16-14-12-10-8-6-4-2/h16,18,22,24,62-64,66-69,71-72,74-76H,3-15,17,19-21,23,25-61H2,1-2H3,(H,70,73)/b18-16-,24-22-. The van der Waals surface area contributed by atoms with E-state index in [2.05, 4.69) is 43.5 Å². The Morgan fingerprint density at radius 3 is 1.10 bits per heavy atom. The first-order valence-corrected chi connectivity index (χ1v) is 34.5. The molecule has 1 rings (SSSR count). The third-order valence-corrected chi connectivity index (χ3v) is 16.8. The van der Waals surface area contributed by atoms with Crippen LogP contribution in [0.1, 0.15) is 354 Å². The number of hydrogen-bond acceptors (Lipinski definition) is 8. The van der Waals surface area contributed by atoms with Gasteiger partial charge >= 0.3 is 0 Å². The Kier molecular flexibility index (Phi) is 56.3. The molecule has 1 amide bonds. The van der Waals surface area contributed by atoms with E-state index in [9.17, 15) is 30.3 Å². The third kappa shape index (κ3) is 47.2. The number of aliphatic hydroxyl groups excluding tert-OH is 5. The minimum Gasteiger partial charge on any atom is -0.394 e. The summed E-state index contributed by atoms with van der Waals surface area (Å²) in [5.74, 6) is -0.138. The Morgan fingerprint density at radius 2 is 0.756 bits per heavy atom. The number of hydrogen-bond donors (Lipinski definition) is 6. The van der Waals surface area contributed by atoms with Crippen LogP contribution in [-0.2, 0) is 14.3 Å². The summed E-state index contributed by atoms with van der Waals surface area (Å²) in [5.41, 5.74) is 0. The Bertz CT molecular complexity index is 1280. The van der Waals surface area contributed by atoms with Crippen molar-refractivity contribution in [1.82, 2.24) is 5.32 Å². The van der Waals surface area contributed by atoms with Gasteiger partial charge in [-0.3, -0.25) is 4.79 Å². The van der Waals surface area contributed by atoms with Crippen molar-refractivity contribution in [2.75, 3.05) is 13.2 Å². The van der Waals surface area contributed by atoms with Gasteiger partial charge in [0.2, 0.25) is 5.91 Å². The largest absolute Gasteiger partial charge is 0.394 e. The van der Waals surface area contributed by atoms with Gasteiger partial charge < -0.3 is 40.3 Å². The second-order valence-corrected chi connectivity index (χ2v) is 24.3. The Balaban J connectivity index is 2.12. The van der Waals surface area contributed by atoms with E-state index < -0.39 is 49.5 Å². The molecule has 0 aromatic heterocycles. The minimum atomic E-state index is -1.55. The van der Waals surface area contributed by atoms with E-state index in [0.29, 0.717) is 12.8 Å². The van der Waals surface area contributed by atoms with Gasteiger partial charge in [0.15, 0.2) is 6.29 Å². The molecule has 0 radical (unpaired) electrons. The van der Waals surface area contributed by atoms with Crippen molar-refractivity contribution in [3.63, 3.8) is 0 Å². The fraction of sp³-hybridized carbons (Fsp3) is 0.928. The molecular formula is C69H133NO8. The Hall–Kier alpha value is -1.33. The zero-order chi connectivity index (χ0) is 56.5. The molecule has 9 heteroatoms. The SMILES string of the molecule is CCCCCCC/C=C\C/C=C\CCCCCCCCCCCCCCCCCC(=O)NC(COC1OC(CO)C(O)C(O)C1O)C(O)CCCCCCCCCCCCCCCCCCCCCCCCCCCCCC. The van der Waals surface area contributed by atoms with Crippen LogP contribution in [0.5, 0.6) is 0 Å². The van der Waals surface area contributed by atoms with Crippen LogP contribution in [0, 0.1) is 0 Å². The van der Waals surface area contributed by atoms with Crippen molar-refractivity contribution in [2.24, 2.45) is 0 Å². The van der Waals surface area contributed by atoms with Gasteiger partial charge in [0, 0.05) is 6.42 Å². The van der Waals surface area contributed by atoms with Gasteiger partial charge in [-0.2, -0.15) is 0 Å². The highest BCUT2D eigenvalue weighted by atomic mass is 16.7. The molecule has 1 aliphatic rings. The number of rotatable bonds is 61. The predicted octanol–water partition coefficient (Wildman–Crippen LogP) is 18.5. The molecule has 0 aromatic carbocycles. The molecule has 0 spiro atoms. The van der Waals surface area contributed by atoms with Gasteiger partial charge in [0.05, 0.1) is 25.4 Å². The first-order valence-electron chi connectivity index (χ1n) is 34.5. The summed E-state index contributed by atoms with van der Waals surface area (Å²) in [5, 5.41) is 54.9. The van der Waals surface area contributed by atoms with E-state index in [1.807, 2.05) is 0 Å². The summed E-state index contributed by atoms with van der Waals surface area (Å²) in [6, 6.07) is -0.719. The van der Waals surface area contributed by atoms with Gasteiger partial charge in [-0.25, -0.2) is 0 Å². The van der Waals surface area contributed by atoms with Crippen LogP contribution in [-0.4, -0.2) is 87.5 Å². The van der Waals surface area contributed by atoms with E-state index in [-0.39, 0.29) is 12.5 Å². The lowest BCUT2D eigenvalue weighted by Gasteiger charge is -2.40. The summed E-state index contributed by atoms with van der Waals surface area (Å²) >= 11 is 0. The van der Waals surface area contributed by atoms with Gasteiger partial charge in [-0.1, -0.05) is 327 Å². The van der Waals surface area contributed by atoms with Gasteiger partial charge in [-0.15, -0.1) is 0 Å². The lowest BCUT2D eigenvalue weighted by molar-refractivity contribution is -0.302. The first kappa shape index (κ1) is 74.7. The number of nitrogens with one attached hydrogen (secondary N) is 1. The van der Waals surface area contributed by atoms with Gasteiger partial charge in [0.1, 0.15) is 24.4 Å². The summed E-state index contributed by atoms with van der Waals surface area (Å²) < 4.78 is 11.4. The third-order valence-electron chi connectivity index (χ3n) is 16.8. The Morgan fingerprint density at radius 1 is 0.436 bits per heavy atom. The zero-order valence-corrected chi connectivity index (χ0v) is 51.7. The van der Waals surface area contributed by atoms with Gasteiger partial charge in [0.25, 0.3) is 0 Å². The maximum Gasteiger partial charge on any atom is 0.220 e. The van der Waals surface area contributed by atoms with E-state index in [1.165, 1.54) is 283 Å². The Labute approximate surface area is 483 Å². The molecule has 1 fully saturated rings. The van der Waals surface area contributed by atoms with Crippen molar-refractivity contribution in [3.05, 3.63) is 24.3 Å². The molecule has 0 bridgehead atoms. The number of carbonyl (C=O) groups is 1. The molecule has 0 saturated carbocycles. The number of amides is 1. The molecule has 78 heavy (non-hydrogen) atoms. The van der Waals surface area contributed by atoms with Crippen molar-refractivity contribution in [3.8, 4) is 0 Å². The average molecular weight is 1100 g/mol. The molecule has 0 aromatic rings. The lowest BCUT2D eigenvalue weighted by Crippen LogP contribution is -2.60. The van der Waals surface area contributed by atoms with Crippen molar-refractivity contribution in [2.45, 2.75) is 397 Å². The maximum absolute atomic E-state index is 13.1. The minimum absolute atomic E-state index is 0.134. The van der Waals surface area contributed by atoms with Crippen LogP contribution >= 0.6 is 0 Å². The molecule has 7 atom stereocenters.